The number of nitrogens with zero attached hydrogens (tertiary/aromatic N) is 1. The second-order valence-electron chi connectivity index (χ2n) is 9.89. The molecule has 0 saturated carbocycles. The Kier molecular flexibility index (Phi) is 11.9. The maximum absolute atomic E-state index is 12.0. The van der Waals surface area contributed by atoms with Crippen molar-refractivity contribution in [3.8, 4) is 5.75 Å². The van der Waals surface area contributed by atoms with E-state index in [1.165, 1.54) is 11.1 Å². The molecule has 2 aromatic carbocycles. The number of hydrogen-bond acceptors (Lipinski definition) is 6. The van der Waals surface area contributed by atoms with Crippen LogP contribution in [-0.2, 0) is 33.5 Å². The third kappa shape index (κ3) is 8.56. The molecule has 0 spiro atoms. The highest BCUT2D eigenvalue weighted by atomic mass is 16.5. The van der Waals surface area contributed by atoms with Gasteiger partial charge in [-0.1, -0.05) is 50.2 Å². The summed E-state index contributed by atoms with van der Waals surface area (Å²) < 4.78 is 17.0. The number of esters is 1. The van der Waals surface area contributed by atoms with Gasteiger partial charge in [-0.3, -0.25) is 9.69 Å². The van der Waals surface area contributed by atoms with Crippen LogP contribution in [0.25, 0.3) is 0 Å². The molecule has 6 nitrogen and oxygen atoms in total. The van der Waals surface area contributed by atoms with Crippen LogP contribution in [0.15, 0.2) is 42.5 Å². The number of hydrogen-bond donors (Lipinski definition) is 1. The molecule has 2 aromatic rings. The monoisotopic (exact) mass is 511 g/mol. The van der Waals surface area contributed by atoms with Gasteiger partial charge in [0.05, 0.1) is 32.5 Å². The summed E-state index contributed by atoms with van der Waals surface area (Å²) in [5.41, 5.74) is 4.73. The van der Waals surface area contributed by atoms with Gasteiger partial charge in [-0.05, 0) is 74.8 Å². The molecule has 37 heavy (non-hydrogen) atoms. The third-order valence-electron chi connectivity index (χ3n) is 7.30. The summed E-state index contributed by atoms with van der Waals surface area (Å²) in [6.07, 6.45) is 5.21. The highest BCUT2D eigenvalue weighted by Gasteiger charge is 2.27. The number of rotatable bonds is 15. The summed E-state index contributed by atoms with van der Waals surface area (Å²) in [7, 11) is 1.64. The Labute approximate surface area is 222 Å². The van der Waals surface area contributed by atoms with Gasteiger partial charge in [0.25, 0.3) is 0 Å². The van der Waals surface area contributed by atoms with E-state index in [9.17, 15) is 9.90 Å². The number of carbonyl (C=O) groups is 1. The van der Waals surface area contributed by atoms with Crippen LogP contribution in [0.1, 0.15) is 74.8 Å². The minimum atomic E-state index is -0.565. The maximum atomic E-state index is 12.0. The molecule has 0 radical (unpaired) electrons. The fourth-order valence-corrected chi connectivity index (χ4v) is 5.40. The first-order valence-electron chi connectivity index (χ1n) is 13.9. The first-order valence-corrected chi connectivity index (χ1v) is 13.9. The van der Waals surface area contributed by atoms with Gasteiger partial charge in [-0.15, -0.1) is 0 Å². The van der Waals surface area contributed by atoms with E-state index in [0.29, 0.717) is 25.6 Å². The van der Waals surface area contributed by atoms with Crippen molar-refractivity contribution < 1.29 is 24.1 Å². The molecule has 3 atom stereocenters. The number of ether oxygens (including phenoxy) is 3. The summed E-state index contributed by atoms with van der Waals surface area (Å²) in [4.78, 5) is 14.4. The van der Waals surface area contributed by atoms with Crippen molar-refractivity contribution in [2.24, 2.45) is 0 Å². The highest BCUT2D eigenvalue weighted by Crippen LogP contribution is 2.32. The molecule has 1 saturated heterocycles. The smallest absolute Gasteiger partial charge is 0.306 e. The van der Waals surface area contributed by atoms with Crippen LogP contribution >= 0.6 is 0 Å². The molecular weight excluding hydrogens is 466 g/mol. The molecule has 204 valence electrons. The molecule has 1 aliphatic rings. The quantitative estimate of drug-likeness (QED) is 0.328. The van der Waals surface area contributed by atoms with Gasteiger partial charge < -0.3 is 19.3 Å². The fraction of sp³-hybridized carbons (Fsp3) is 0.581. The molecule has 0 aromatic heterocycles. The van der Waals surface area contributed by atoms with E-state index in [1.54, 1.807) is 7.11 Å². The van der Waals surface area contributed by atoms with E-state index in [1.807, 2.05) is 25.1 Å². The zero-order valence-electron chi connectivity index (χ0n) is 23.1. The molecule has 6 heteroatoms. The number of aliphatic hydroxyl groups excluding tert-OH is 1. The average molecular weight is 512 g/mol. The molecule has 1 N–H and O–H groups in total. The molecule has 3 rings (SSSR count). The number of likely N-dealkylation sites (tertiary alicyclic amines) is 1. The highest BCUT2D eigenvalue weighted by molar-refractivity contribution is 5.70. The number of benzene rings is 2. The number of carbonyl (C=O) groups excluding carboxylic acids is 1. The third-order valence-corrected chi connectivity index (χ3v) is 7.30. The molecule has 1 fully saturated rings. The Morgan fingerprint density at radius 1 is 1.14 bits per heavy atom. The van der Waals surface area contributed by atoms with Gasteiger partial charge in [-0.25, -0.2) is 0 Å². The zero-order chi connectivity index (χ0) is 26.6. The van der Waals surface area contributed by atoms with E-state index in [4.69, 9.17) is 14.2 Å². The standard InChI is InChI=1S/C31H45NO5/c1-5-23-11-8-12-24(19-23)20-25-13-10-18-32(25)21-26(33)22-37-29(6-2)27-14-9-15-30(35-4)28(27)16-17-31(34)36-7-3/h8-9,11-12,14-15,19,25-26,29,33H,5-7,10,13,16-18,20-22H2,1-4H3/t25-,26+,29+/m0/s1. The van der Waals surface area contributed by atoms with Gasteiger partial charge in [0.15, 0.2) is 0 Å². The Morgan fingerprint density at radius 3 is 2.65 bits per heavy atom. The fourth-order valence-electron chi connectivity index (χ4n) is 5.40. The summed E-state index contributed by atoms with van der Waals surface area (Å²) in [5, 5.41) is 10.9. The first-order chi connectivity index (χ1) is 18.0. The van der Waals surface area contributed by atoms with Gasteiger partial charge >= 0.3 is 5.97 Å². The molecule has 1 heterocycles. The van der Waals surface area contributed by atoms with Crippen molar-refractivity contribution in [3.05, 3.63) is 64.7 Å². The van der Waals surface area contributed by atoms with Crippen LogP contribution in [0, 0.1) is 0 Å². The second kappa shape index (κ2) is 15.1. The molecule has 0 aliphatic carbocycles. The van der Waals surface area contributed by atoms with Crippen molar-refractivity contribution in [2.75, 3.05) is 33.4 Å². The van der Waals surface area contributed by atoms with Crippen LogP contribution in [0.2, 0.25) is 0 Å². The molecule has 1 aliphatic heterocycles. The van der Waals surface area contributed by atoms with Crippen LogP contribution < -0.4 is 4.74 Å². The summed E-state index contributed by atoms with van der Waals surface area (Å²) in [5.74, 6) is 0.529. The van der Waals surface area contributed by atoms with Crippen LogP contribution in [0.4, 0.5) is 0 Å². The van der Waals surface area contributed by atoms with Crippen molar-refractivity contribution >= 4 is 5.97 Å². The minimum absolute atomic E-state index is 0.187. The molecular formula is C31H45NO5. The van der Waals surface area contributed by atoms with Crippen molar-refractivity contribution in [1.29, 1.82) is 0 Å². The van der Waals surface area contributed by atoms with Gasteiger partial charge in [-0.2, -0.15) is 0 Å². The Balaban J connectivity index is 1.59. The number of aliphatic hydroxyl groups is 1. The van der Waals surface area contributed by atoms with Crippen LogP contribution in [0.3, 0.4) is 0 Å². The lowest BCUT2D eigenvalue weighted by Crippen LogP contribution is -2.39. The second-order valence-corrected chi connectivity index (χ2v) is 9.89. The SMILES string of the molecule is CCOC(=O)CCc1c(OC)cccc1[C@@H](CC)OC[C@H](O)CN1CCC[C@H]1Cc1cccc(CC)c1. The van der Waals surface area contributed by atoms with E-state index >= 15 is 0 Å². The molecule has 0 unspecified atom stereocenters. The maximum Gasteiger partial charge on any atom is 0.306 e. The minimum Gasteiger partial charge on any atom is -0.496 e. The summed E-state index contributed by atoms with van der Waals surface area (Å²) >= 11 is 0. The topological polar surface area (TPSA) is 68.2 Å². The number of methoxy groups -OCH3 is 1. The number of aryl methyl sites for hydroxylation is 1. The largest absolute Gasteiger partial charge is 0.496 e. The van der Waals surface area contributed by atoms with E-state index in [-0.39, 0.29) is 25.1 Å². The van der Waals surface area contributed by atoms with E-state index in [2.05, 4.69) is 43.0 Å². The Hall–Kier alpha value is -2.41. The molecule has 0 bridgehead atoms. The average Bonchev–Trinajstić information content (AvgIpc) is 3.34. The number of β-amino-alcohol motifs (C(OH)–C–C–N with tert-alkyl or cyclic N) is 1. The van der Waals surface area contributed by atoms with Crippen molar-refractivity contribution in [2.45, 2.75) is 84.0 Å². The van der Waals surface area contributed by atoms with Crippen molar-refractivity contribution in [3.63, 3.8) is 0 Å². The molecule has 0 amide bonds. The van der Waals surface area contributed by atoms with Gasteiger partial charge in [0.1, 0.15) is 5.75 Å². The zero-order valence-corrected chi connectivity index (χ0v) is 23.1. The summed E-state index contributed by atoms with van der Waals surface area (Å²) in [6.45, 7) is 8.35. The Morgan fingerprint density at radius 2 is 1.92 bits per heavy atom. The van der Waals surface area contributed by atoms with Crippen LogP contribution in [-0.4, -0.2) is 61.5 Å². The van der Waals surface area contributed by atoms with Crippen molar-refractivity contribution in [1.82, 2.24) is 4.90 Å². The lowest BCUT2D eigenvalue weighted by Gasteiger charge is -2.28. The lowest BCUT2D eigenvalue weighted by atomic mass is 9.96. The lowest BCUT2D eigenvalue weighted by molar-refractivity contribution is -0.143. The summed E-state index contributed by atoms with van der Waals surface area (Å²) in [6, 6.07) is 15.2. The normalized spacial score (nSPS) is 17.5. The van der Waals surface area contributed by atoms with E-state index in [0.717, 1.165) is 55.5 Å². The predicted molar refractivity (Wildman–Crippen MR) is 147 cm³/mol. The first kappa shape index (κ1) is 29.2. The Bertz CT molecular complexity index is 978. The van der Waals surface area contributed by atoms with Crippen LogP contribution in [0.5, 0.6) is 5.75 Å². The van der Waals surface area contributed by atoms with E-state index < -0.39 is 6.10 Å². The predicted octanol–water partition coefficient (Wildman–Crippen LogP) is 5.29. The van der Waals surface area contributed by atoms with Gasteiger partial charge in [0, 0.05) is 24.6 Å². The van der Waals surface area contributed by atoms with Gasteiger partial charge in [0.2, 0.25) is 0 Å².